The molecule has 6 heteroatoms. The first-order chi connectivity index (χ1) is 13.5. The maximum absolute atomic E-state index is 13.5. The maximum Gasteiger partial charge on any atom is 0.263 e. The number of hydrogen-bond donors (Lipinski definition) is 0. The van der Waals surface area contributed by atoms with E-state index in [4.69, 9.17) is 4.98 Å². The van der Waals surface area contributed by atoms with Crippen molar-refractivity contribution in [1.29, 1.82) is 0 Å². The highest BCUT2D eigenvalue weighted by Crippen LogP contribution is 2.28. The number of rotatable bonds is 5. The number of nitrogens with zero attached hydrogens (tertiary/aromatic N) is 3. The predicted molar refractivity (Wildman–Crippen MR) is 113 cm³/mol. The van der Waals surface area contributed by atoms with E-state index in [9.17, 15) is 9.59 Å². The van der Waals surface area contributed by atoms with Crippen LogP contribution in [0.25, 0.3) is 10.2 Å². The fraction of sp³-hybridized carbons (Fsp3) is 0.409. The lowest BCUT2D eigenvalue weighted by Crippen LogP contribution is -2.34. The molecule has 146 valence electrons. The Kier molecular flexibility index (Phi) is 5.17. The Labute approximate surface area is 168 Å². The van der Waals surface area contributed by atoms with Crippen LogP contribution in [0.3, 0.4) is 0 Å². The molecule has 1 aliphatic heterocycles. The number of Topliss-reactive ketones (excluding diaryl/α,β-unsaturated/α-hetero) is 1. The van der Waals surface area contributed by atoms with Gasteiger partial charge in [-0.15, -0.1) is 11.3 Å². The molecule has 1 atom stereocenters. The van der Waals surface area contributed by atoms with Crippen LogP contribution in [-0.2, 0) is 6.54 Å². The zero-order chi connectivity index (χ0) is 19.8. The number of aromatic nitrogens is 2. The van der Waals surface area contributed by atoms with Crippen LogP contribution < -0.4 is 5.56 Å². The van der Waals surface area contributed by atoms with Gasteiger partial charge in [0.1, 0.15) is 10.7 Å². The summed E-state index contributed by atoms with van der Waals surface area (Å²) in [4.78, 5) is 35.7. The molecule has 1 unspecified atom stereocenters. The average Bonchev–Trinajstić information content (AvgIpc) is 3.30. The number of aryl methyl sites for hydroxylation is 2. The SMILES string of the molecule is Cc1sc2nc(CN3CCCC3)n(C(C)C(=O)c3ccccc3)c(=O)c2c1C. The van der Waals surface area contributed by atoms with E-state index in [2.05, 4.69) is 4.90 Å². The Bertz CT molecular complexity index is 1080. The summed E-state index contributed by atoms with van der Waals surface area (Å²) in [6.45, 7) is 8.42. The van der Waals surface area contributed by atoms with E-state index >= 15 is 0 Å². The zero-order valence-electron chi connectivity index (χ0n) is 16.6. The molecule has 4 rings (SSSR count). The number of fused-ring (bicyclic) bond motifs is 1. The van der Waals surface area contributed by atoms with Crippen LogP contribution >= 0.6 is 11.3 Å². The number of benzene rings is 1. The highest BCUT2D eigenvalue weighted by molar-refractivity contribution is 7.18. The van der Waals surface area contributed by atoms with Crippen molar-refractivity contribution < 1.29 is 4.79 Å². The standard InChI is InChI=1S/C22H25N3O2S/c1-14-16(3)28-21-19(14)22(27)25(18(23-21)13-24-11-7-8-12-24)15(2)20(26)17-9-5-4-6-10-17/h4-6,9-10,15H,7-8,11-13H2,1-3H3. The van der Waals surface area contributed by atoms with Gasteiger partial charge in [-0.3, -0.25) is 19.1 Å². The van der Waals surface area contributed by atoms with E-state index in [0.717, 1.165) is 28.4 Å². The van der Waals surface area contributed by atoms with E-state index in [1.54, 1.807) is 28.0 Å². The van der Waals surface area contributed by atoms with Crippen molar-refractivity contribution in [2.75, 3.05) is 13.1 Å². The fourth-order valence-corrected chi connectivity index (χ4v) is 5.00. The first-order valence-electron chi connectivity index (χ1n) is 9.80. The molecule has 1 fully saturated rings. The zero-order valence-corrected chi connectivity index (χ0v) is 17.4. The van der Waals surface area contributed by atoms with Gasteiger partial charge in [0, 0.05) is 10.4 Å². The quantitative estimate of drug-likeness (QED) is 0.610. The molecule has 3 aromatic rings. The van der Waals surface area contributed by atoms with Gasteiger partial charge in [0.25, 0.3) is 5.56 Å². The van der Waals surface area contributed by atoms with E-state index < -0.39 is 6.04 Å². The maximum atomic E-state index is 13.5. The molecule has 1 saturated heterocycles. The lowest BCUT2D eigenvalue weighted by atomic mass is 10.0. The van der Waals surface area contributed by atoms with Crippen molar-refractivity contribution in [3.8, 4) is 0 Å². The number of ketones is 1. The molecule has 0 N–H and O–H groups in total. The van der Waals surface area contributed by atoms with Crippen LogP contribution in [0.2, 0.25) is 0 Å². The first kappa shape index (κ1) is 19.0. The Balaban J connectivity index is 1.86. The van der Waals surface area contributed by atoms with Gasteiger partial charge in [0.15, 0.2) is 5.78 Å². The molecule has 0 radical (unpaired) electrons. The number of carbonyl (C=O) groups excluding carboxylic acids is 1. The summed E-state index contributed by atoms with van der Waals surface area (Å²) in [5.41, 5.74) is 1.49. The van der Waals surface area contributed by atoms with Crippen LogP contribution in [0.1, 0.15) is 52.4 Å². The topological polar surface area (TPSA) is 55.2 Å². The van der Waals surface area contributed by atoms with E-state index in [1.807, 2.05) is 39.0 Å². The van der Waals surface area contributed by atoms with E-state index in [1.165, 1.54) is 12.8 Å². The third kappa shape index (κ3) is 3.31. The lowest BCUT2D eigenvalue weighted by Gasteiger charge is -2.22. The van der Waals surface area contributed by atoms with E-state index in [-0.39, 0.29) is 11.3 Å². The molecule has 1 aromatic carbocycles. The number of hydrogen-bond acceptors (Lipinski definition) is 5. The van der Waals surface area contributed by atoms with Crippen LogP contribution in [0, 0.1) is 13.8 Å². The monoisotopic (exact) mass is 395 g/mol. The van der Waals surface area contributed by atoms with Gasteiger partial charge in [-0.1, -0.05) is 30.3 Å². The lowest BCUT2D eigenvalue weighted by molar-refractivity contribution is 0.0929. The van der Waals surface area contributed by atoms with Gasteiger partial charge in [0.05, 0.1) is 18.0 Å². The molecule has 0 spiro atoms. The Morgan fingerprint density at radius 2 is 1.86 bits per heavy atom. The van der Waals surface area contributed by atoms with Gasteiger partial charge in [0.2, 0.25) is 0 Å². The van der Waals surface area contributed by atoms with Gasteiger partial charge in [-0.25, -0.2) is 4.98 Å². The summed E-state index contributed by atoms with van der Waals surface area (Å²) in [5, 5.41) is 0.653. The summed E-state index contributed by atoms with van der Waals surface area (Å²) >= 11 is 1.56. The van der Waals surface area contributed by atoms with Gasteiger partial charge in [-0.05, 0) is 52.3 Å². The first-order valence-corrected chi connectivity index (χ1v) is 10.6. The summed E-state index contributed by atoms with van der Waals surface area (Å²) in [6, 6.07) is 8.59. The molecule has 28 heavy (non-hydrogen) atoms. The van der Waals surface area contributed by atoms with Crippen LogP contribution in [0.5, 0.6) is 0 Å². The second-order valence-electron chi connectivity index (χ2n) is 7.56. The van der Waals surface area contributed by atoms with E-state index in [0.29, 0.717) is 23.3 Å². The largest absolute Gasteiger partial charge is 0.296 e. The van der Waals surface area contributed by atoms with Gasteiger partial charge in [-0.2, -0.15) is 0 Å². The summed E-state index contributed by atoms with van der Waals surface area (Å²) in [6.07, 6.45) is 2.34. The number of thiophene rings is 1. The fourth-order valence-electron chi connectivity index (χ4n) is 3.96. The molecule has 1 aliphatic rings. The minimum absolute atomic E-state index is 0.0591. The van der Waals surface area contributed by atoms with Crippen LogP contribution in [0.15, 0.2) is 35.1 Å². The minimum Gasteiger partial charge on any atom is -0.296 e. The summed E-state index contributed by atoms with van der Waals surface area (Å²) < 4.78 is 1.63. The third-order valence-electron chi connectivity index (χ3n) is 5.70. The molecule has 2 aromatic heterocycles. The highest BCUT2D eigenvalue weighted by atomic mass is 32.1. The smallest absolute Gasteiger partial charge is 0.263 e. The minimum atomic E-state index is -0.594. The Morgan fingerprint density at radius 3 is 2.54 bits per heavy atom. The van der Waals surface area contributed by atoms with Crippen molar-refractivity contribution in [3.05, 3.63) is 62.5 Å². The summed E-state index contributed by atoms with van der Waals surface area (Å²) in [5.74, 6) is 0.633. The molecule has 0 saturated carbocycles. The molecule has 0 bridgehead atoms. The highest BCUT2D eigenvalue weighted by Gasteiger charge is 2.26. The predicted octanol–water partition coefficient (Wildman–Crippen LogP) is 4.11. The van der Waals surface area contributed by atoms with Gasteiger partial charge < -0.3 is 0 Å². The number of carbonyl (C=O) groups is 1. The second-order valence-corrected chi connectivity index (χ2v) is 8.76. The van der Waals surface area contributed by atoms with Crippen LogP contribution in [-0.4, -0.2) is 33.3 Å². The molecule has 0 aliphatic carbocycles. The molecule has 5 nitrogen and oxygen atoms in total. The van der Waals surface area contributed by atoms with Crippen molar-refractivity contribution >= 4 is 27.3 Å². The molecular formula is C22H25N3O2S. The number of likely N-dealkylation sites (tertiary alicyclic amines) is 1. The summed E-state index contributed by atoms with van der Waals surface area (Å²) in [7, 11) is 0. The van der Waals surface area contributed by atoms with Crippen molar-refractivity contribution in [3.63, 3.8) is 0 Å². The second kappa shape index (κ2) is 7.60. The van der Waals surface area contributed by atoms with Crippen molar-refractivity contribution in [1.82, 2.24) is 14.5 Å². The average molecular weight is 396 g/mol. The van der Waals surface area contributed by atoms with Crippen molar-refractivity contribution in [2.45, 2.75) is 46.2 Å². The van der Waals surface area contributed by atoms with Crippen LogP contribution in [0.4, 0.5) is 0 Å². The van der Waals surface area contributed by atoms with Gasteiger partial charge >= 0.3 is 0 Å². The third-order valence-corrected chi connectivity index (χ3v) is 6.80. The van der Waals surface area contributed by atoms with Crippen molar-refractivity contribution in [2.24, 2.45) is 0 Å². The normalized spacial score (nSPS) is 16.0. The molecule has 0 amide bonds. The Morgan fingerprint density at radius 1 is 1.18 bits per heavy atom. The molecule has 3 heterocycles. The molecular weight excluding hydrogens is 370 g/mol. The Hall–Kier alpha value is -2.31.